The van der Waals surface area contributed by atoms with Crippen molar-refractivity contribution in [3.05, 3.63) is 44.8 Å². The van der Waals surface area contributed by atoms with Gasteiger partial charge in [-0.2, -0.15) is 0 Å². The lowest BCUT2D eigenvalue weighted by Gasteiger charge is -2.01. The highest BCUT2D eigenvalue weighted by Crippen LogP contribution is 2.25. The Bertz CT molecular complexity index is 853. The third kappa shape index (κ3) is 4.04. The summed E-state index contributed by atoms with van der Waals surface area (Å²) in [5.41, 5.74) is 0.783. The number of aromatic nitrogens is 2. The number of nitrogens with zero attached hydrogens (tertiary/aromatic N) is 2. The summed E-state index contributed by atoms with van der Waals surface area (Å²) in [7, 11) is 0. The lowest BCUT2D eigenvalue weighted by molar-refractivity contribution is -0.121. The molecule has 0 saturated carbocycles. The minimum atomic E-state index is -0.0744. The van der Waals surface area contributed by atoms with Crippen LogP contribution in [0.2, 0.25) is 4.34 Å². The Balaban J connectivity index is 1.51. The van der Waals surface area contributed by atoms with Crippen LogP contribution in [0.3, 0.4) is 0 Å². The summed E-state index contributed by atoms with van der Waals surface area (Å²) < 4.78 is 11.8. The predicted octanol–water partition coefficient (Wildman–Crippen LogP) is 3.91. The second kappa shape index (κ2) is 7.19. The molecule has 0 aliphatic rings. The number of carbonyl (C=O) groups is 1. The van der Waals surface area contributed by atoms with Crippen LogP contribution < -0.4 is 5.32 Å². The first kappa shape index (κ1) is 16.7. The summed E-state index contributed by atoms with van der Waals surface area (Å²) in [6.45, 7) is 4.17. The minimum absolute atomic E-state index is 0.0744. The molecule has 3 rings (SSSR count). The molecule has 24 heavy (non-hydrogen) atoms. The number of thiophene rings is 1. The molecule has 1 amide bonds. The average molecular weight is 366 g/mol. The molecule has 0 saturated heterocycles. The van der Waals surface area contributed by atoms with Gasteiger partial charge in [-0.25, -0.2) is 0 Å². The van der Waals surface area contributed by atoms with Crippen molar-refractivity contribution in [3.63, 3.8) is 0 Å². The maximum absolute atomic E-state index is 11.9. The van der Waals surface area contributed by atoms with Crippen LogP contribution in [0.1, 0.15) is 28.7 Å². The number of hydrogen-bond donors (Lipinski definition) is 1. The van der Waals surface area contributed by atoms with E-state index in [1.54, 1.807) is 0 Å². The summed E-state index contributed by atoms with van der Waals surface area (Å²) in [5.74, 6) is 2.28. The van der Waals surface area contributed by atoms with E-state index in [9.17, 15) is 4.79 Å². The second-order valence-corrected chi connectivity index (χ2v) is 7.11. The molecule has 1 N–H and O–H groups in total. The average Bonchev–Trinajstić information content (AvgIpc) is 3.23. The molecule has 0 aromatic carbocycles. The van der Waals surface area contributed by atoms with E-state index in [1.807, 2.05) is 32.0 Å². The lowest BCUT2D eigenvalue weighted by Crippen LogP contribution is -2.22. The van der Waals surface area contributed by atoms with Gasteiger partial charge in [0.1, 0.15) is 11.5 Å². The number of amides is 1. The van der Waals surface area contributed by atoms with Gasteiger partial charge >= 0.3 is 0 Å². The lowest BCUT2D eigenvalue weighted by atomic mass is 10.2. The topological polar surface area (TPSA) is 81.2 Å². The van der Waals surface area contributed by atoms with E-state index in [2.05, 4.69) is 15.5 Å². The van der Waals surface area contributed by atoms with Crippen molar-refractivity contribution >= 4 is 28.8 Å². The fourth-order valence-corrected chi connectivity index (χ4v) is 3.28. The molecule has 0 atom stereocenters. The summed E-state index contributed by atoms with van der Waals surface area (Å²) >= 11 is 7.30. The zero-order chi connectivity index (χ0) is 17.1. The number of aryl methyl sites for hydroxylation is 3. The van der Waals surface area contributed by atoms with Crippen LogP contribution >= 0.6 is 22.9 Å². The Morgan fingerprint density at radius 3 is 2.79 bits per heavy atom. The summed E-state index contributed by atoms with van der Waals surface area (Å²) in [5, 5.41) is 10.8. The van der Waals surface area contributed by atoms with Crippen molar-refractivity contribution < 1.29 is 13.6 Å². The van der Waals surface area contributed by atoms with Crippen molar-refractivity contribution in [2.24, 2.45) is 0 Å². The Labute approximate surface area is 147 Å². The number of carbonyl (C=O) groups excluding carboxylic acids is 1. The monoisotopic (exact) mass is 365 g/mol. The van der Waals surface area contributed by atoms with E-state index in [-0.39, 0.29) is 12.3 Å². The Morgan fingerprint density at radius 1 is 1.29 bits per heavy atom. The maximum Gasteiger partial charge on any atom is 0.251 e. The van der Waals surface area contributed by atoms with Crippen LogP contribution in [0.25, 0.3) is 11.5 Å². The largest absolute Gasteiger partial charge is 0.466 e. The molecule has 0 spiro atoms. The smallest absolute Gasteiger partial charge is 0.251 e. The van der Waals surface area contributed by atoms with Crippen LogP contribution in [-0.2, 0) is 17.8 Å². The first-order valence-corrected chi connectivity index (χ1v) is 8.61. The molecular formula is C16H16ClN3O3S. The molecule has 0 unspecified atom stereocenters. The van der Waals surface area contributed by atoms with Crippen LogP contribution in [0.4, 0.5) is 0 Å². The highest BCUT2D eigenvalue weighted by atomic mass is 35.5. The predicted molar refractivity (Wildman–Crippen MR) is 91.0 cm³/mol. The van der Waals surface area contributed by atoms with E-state index >= 15 is 0 Å². The van der Waals surface area contributed by atoms with Crippen molar-refractivity contribution in [1.82, 2.24) is 15.5 Å². The third-order valence-corrected chi connectivity index (χ3v) is 4.62. The van der Waals surface area contributed by atoms with Gasteiger partial charge in [0.25, 0.3) is 5.89 Å². The first-order valence-electron chi connectivity index (χ1n) is 7.42. The SMILES string of the molecule is Cc1cc(-c2nnc(CCC(=O)NCc3ccc(Cl)s3)o2)c(C)o1. The number of hydrogen-bond acceptors (Lipinski definition) is 6. The van der Waals surface area contributed by atoms with E-state index in [0.29, 0.717) is 29.1 Å². The Hall–Kier alpha value is -2.12. The number of rotatable bonds is 6. The summed E-state index contributed by atoms with van der Waals surface area (Å²) in [6.07, 6.45) is 0.671. The standard InChI is InChI=1S/C16H16ClN3O3S/c1-9-7-12(10(2)22-9)16-20-19-15(23-16)6-5-14(21)18-8-11-3-4-13(17)24-11/h3-4,7H,5-6,8H2,1-2H3,(H,18,21). The van der Waals surface area contributed by atoms with Crippen LogP contribution in [-0.4, -0.2) is 16.1 Å². The summed E-state index contributed by atoms with van der Waals surface area (Å²) in [6, 6.07) is 5.56. The van der Waals surface area contributed by atoms with Crippen molar-refractivity contribution in [1.29, 1.82) is 0 Å². The fourth-order valence-electron chi connectivity index (χ4n) is 2.25. The third-order valence-electron chi connectivity index (χ3n) is 3.39. The van der Waals surface area contributed by atoms with E-state index in [4.69, 9.17) is 20.4 Å². The van der Waals surface area contributed by atoms with Gasteiger partial charge in [0, 0.05) is 17.7 Å². The summed E-state index contributed by atoms with van der Waals surface area (Å²) in [4.78, 5) is 12.9. The van der Waals surface area contributed by atoms with E-state index in [0.717, 1.165) is 22.0 Å². The molecule has 0 aliphatic carbocycles. The van der Waals surface area contributed by atoms with Crippen LogP contribution in [0.15, 0.2) is 27.0 Å². The van der Waals surface area contributed by atoms with Gasteiger partial charge in [0.15, 0.2) is 0 Å². The molecule has 0 aliphatic heterocycles. The maximum atomic E-state index is 11.9. The van der Waals surface area contributed by atoms with Gasteiger partial charge in [-0.05, 0) is 32.0 Å². The zero-order valence-electron chi connectivity index (χ0n) is 13.3. The second-order valence-electron chi connectivity index (χ2n) is 5.31. The van der Waals surface area contributed by atoms with Gasteiger partial charge in [0.2, 0.25) is 11.8 Å². The zero-order valence-corrected chi connectivity index (χ0v) is 14.8. The Kier molecular flexibility index (Phi) is 5.01. The number of nitrogens with one attached hydrogen (secondary N) is 1. The molecule has 3 heterocycles. The molecule has 0 fully saturated rings. The van der Waals surface area contributed by atoms with Crippen molar-refractivity contribution in [2.75, 3.05) is 0 Å². The number of furan rings is 1. The first-order chi connectivity index (χ1) is 11.5. The van der Waals surface area contributed by atoms with Gasteiger partial charge in [0.05, 0.1) is 16.4 Å². The molecule has 3 aromatic rings. The van der Waals surface area contributed by atoms with Crippen molar-refractivity contribution in [3.8, 4) is 11.5 Å². The Morgan fingerprint density at radius 2 is 2.12 bits per heavy atom. The number of halogens is 1. The molecule has 8 heteroatoms. The van der Waals surface area contributed by atoms with E-state index in [1.165, 1.54) is 11.3 Å². The minimum Gasteiger partial charge on any atom is -0.466 e. The van der Waals surface area contributed by atoms with E-state index < -0.39 is 0 Å². The molecule has 3 aromatic heterocycles. The molecule has 0 radical (unpaired) electrons. The molecular weight excluding hydrogens is 350 g/mol. The normalized spacial score (nSPS) is 11.0. The molecule has 126 valence electrons. The van der Waals surface area contributed by atoms with Crippen LogP contribution in [0, 0.1) is 13.8 Å². The van der Waals surface area contributed by atoms with Crippen molar-refractivity contribution in [2.45, 2.75) is 33.2 Å². The van der Waals surface area contributed by atoms with Gasteiger partial charge in [-0.15, -0.1) is 21.5 Å². The fraction of sp³-hybridized carbons (Fsp3) is 0.312. The molecule has 0 bridgehead atoms. The van der Waals surface area contributed by atoms with Gasteiger partial charge < -0.3 is 14.2 Å². The van der Waals surface area contributed by atoms with Crippen LogP contribution in [0.5, 0.6) is 0 Å². The van der Waals surface area contributed by atoms with Gasteiger partial charge in [-0.1, -0.05) is 11.6 Å². The van der Waals surface area contributed by atoms with Gasteiger partial charge in [-0.3, -0.25) is 4.79 Å². The highest BCUT2D eigenvalue weighted by Gasteiger charge is 2.15. The molecule has 6 nitrogen and oxygen atoms in total. The quantitative estimate of drug-likeness (QED) is 0.716. The highest BCUT2D eigenvalue weighted by molar-refractivity contribution is 7.16.